The van der Waals surface area contributed by atoms with Crippen molar-refractivity contribution in [2.45, 2.75) is 0 Å². The number of aromatic nitrogens is 2. The van der Waals surface area contributed by atoms with Gasteiger partial charge in [0.15, 0.2) is 0 Å². The highest BCUT2D eigenvalue weighted by molar-refractivity contribution is 9.10. The van der Waals surface area contributed by atoms with E-state index in [9.17, 15) is 0 Å². The molecule has 0 spiro atoms. The maximum Gasteiger partial charge on any atom is 0.140 e. The molecule has 0 saturated heterocycles. The molecule has 0 unspecified atom stereocenters. The molecule has 0 aliphatic heterocycles. The Hall–Kier alpha value is -0.870. The van der Waals surface area contributed by atoms with Crippen LogP contribution in [0.1, 0.15) is 0 Å². The molecule has 2 nitrogen and oxygen atoms in total. The van der Waals surface area contributed by atoms with Crippen LogP contribution in [0.2, 0.25) is 0 Å². The van der Waals surface area contributed by atoms with Crippen molar-refractivity contribution in [3.05, 3.63) is 34.4 Å². The Morgan fingerprint density at radius 2 is 2.23 bits per heavy atom. The van der Waals surface area contributed by atoms with Gasteiger partial charge in [-0.2, -0.15) is 0 Å². The molecular formula is C9H5BrN2S. The number of rotatable bonds is 0. The van der Waals surface area contributed by atoms with Crippen LogP contribution in [-0.2, 0) is 0 Å². The average Bonchev–Trinajstić information content (AvgIpc) is 2.70. The topological polar surface area (TPSA) is 17.3 Å². The third kappa shape index (κ3) is 0.957. The van der Waals surface area contributed by atoms with Crippen molar-refractivity contribution in [1.29, 1.82) is 0 Å². The molecule has 0 aliphatic rings. The van der Waals surface area contributed by atoms with E-state index in [-0.39, 0.29) is 0 Å². The molecule has 3 aromatic heterocycles. The molecule has 4 heteroatoms. The Bertz CT molecular complexity index is 581. The van der Waals surface area contributed by atoms with Crippen molar-refractivity contribution in [2.24, 2.45) is 0 Å². The SMILES string of the molecule is Brc1ccn2c1cnc1sccc12. The van der Waals surface area contributed by atoms with Gasteiger partial charge >= 0.3 is 0 Å². The van der Waals surface area contributed by atoms with Crippen LogP contribution in [-0.4, -0.2) is 9.38 Å². The number of hydrogen-bond donors (Lipinski definition) is 0. The minimum Gasteiger partial charge on any atom is -0.312 e. The summed E-state index contributed by atoms with van der Waals surface area (Å²) in [5, 5.41) is 2.06. The molecule has 0 fully saturated rings. The van der Waals surface area contributed by atoms with Crippen LogP contribution >= 0.6 is 27.3 Å². The summed E-state index contributed by atoms with van der Waals surface area (Å²) >= 11 is 5.15. The maximum atomic E-state index is 4.37. The Labute approximate surface area is 87.0 Å². The van der Waals surface area contributed by atoms with E-state index in [1.807, 2.05) is 12.3 Å². The summed E-state index contributed by atoms with van der Waals surface area (Å²) in [5.41, 5.74) is 2.29. The predicted octanol–water partition coefficient (Wildman–Crippen LogP) is 3.31. The fraction of sp³-hybridized carbons (Fsp3) is 0. The van der Waals surface area contributed by atoms with E-state index in [4.69, 9.17) is 0 Å². The minimum atomic E-state index is 1.08. The summed E-state index contributed by atoms with van der Waals surface area (Å²) < 4.78 is 3.23. The van der Waals surface area contributed by atoms with Crippen LogP contribution in [0, 0.1) is 0 Å². The minimum absolute atomic E-state index is 1.08. The zero-order valence-corrected chi connectivity index (χ0v) is 8.97. The number of nitrogens with zero attached hydrogens (tertiary/aromatic N) is 2. The van der Waals surface area contributed by atoms with Gasteiger partial charge in [0.05, 0.1) is 17.2 Å². The second kappa shape index (κ2) is 2.56. The second-order valence-electron chi connectivity index (χ2n) is 2.79. The fourth-order valence-electron chi connectivity index (χ4n) is 1.45. The van der Waals surface area contributed by atoms with Crippen molar-refractivity contribution in [3.63, 3.8) is 0 Å². The monoisotopic (exact) mass is 252 g/mol. The fourth-order valence-corrected chi connectivity index (χ4v) is 2.59. The summed E-state index contributed by atoms with van der Waals surface area (Å²) in [6.07, 6.45) is 3.94. The summed E-state index contributed by atoms with van der Waals surface area (Å²) in [7, 11) is 0. The Balaban J connectivity index is 2.66. The molecule has 3 rings (SSSR count). The first-order valence-corrected chi connectivity index (χ1v) is 5.52. The lowest BCUT2D eigenvalue weighted by molar-refractivity contribution is 1.24. The van der Waals surface area contributed by atoms with Crippen LogP contribution in [0.25, 0.3) is 15.9 Å². The largest absolute Gasteiger partial charge is 0.312 e. The van der Waals surface area contributed by atoms with Crippen LogP contribution in [0.4, 0.5) is 0 Å². The van der Waals surface area contributed by atoms with Crippen molar-refractivity contribution < 1.29 is 0 Å². The lowest BCUT2D eigenvalue weighted by atomic mass is 10.5. The van der Waals surface area contributed by atoms with E-state index in [1.54, 1.807) is 11.3 Å². The Kier molecular flexibility index (Phi) is 1.48. The highest BCUT2D eigenvalue weighted by Crippen LogP contribution is 2.24. The van der Waals surface area contributed by atoms with Gasteiger partial charge in [0.1, 0.15) is 4.83 Å². The number of halogens is 1. The first-order valence-electron chi connectivity index (χ1n) is 3.85. The van der Waals surface area contributed by atoms with Crippen LogP contribution in [0.3, 0.4) is 0 Å². The number of hydrogen-bond acceptors (Lipinski definition) is 2. The molecule has 13 heavy (non-hydrogen) atoms. The number of thiophene rings is 1. The molecule has 64 valence electrons. The van der Waals surface area contributed by atoms with Gasteiger partial charge in [-0.15, -0.1) is 11.3 Å². The summed E-state index contributed by atoms with van der Waals surface area (Å²) in [4.78, 5) is 5.45. The normalized spacial score (nSPS) is 11.5. The van der Waals surface area contributed by atoms with Gasteiger partial charge in [-0.05, 0) is 33.4 Å². The van der Waals surface area contributed by atoms with E-state index in [0.717, 1.165) is 14.8 Å². The highest BCUT2D eigenvalue weighted by Gasteiger charge is 2.04. The molecule has 0 saturated carbocycles. The molecule has 0 aliphatic carbocycles. The van der Waals surface area contributed by atoms with Gasteiger partial charge in [-0.25, -0.2) is 4.98 Å². The average molecular weight is 253 g/mol. The Morgan fingerprint density at radius 1 is 1.31 bits per heavy atom. The number of fused-ring (bicyclic) bond motifs is 3. The molecule has 0 aromatic carbocycles. The van der Waals surface area contributed by atoms with Crippen LogP contribution in [0.15, 0.2) is 34.4 Å². The van der Waals surface area contributed by atoms with Crippen LogP contribution < -0.4 is 0 Å². The Morgan fingerprint density at radius 3 is 3.15 bits per heavy atom. The smallest absolute Gasteiger partial charge is 0.140 e. The standard InChI is InChI=1S/C9H5BrN2S/c10-6-1-3-12-7-2-4-13-9(7)11-5-8(6)12/h1-5H. The van der Waals surface area contributed by atoms with Crippen molar-refractivity contribution in [3.8, 4) is 0 Å². The molecule has 3 heterocycles. The highest BCUT2D eigenvalue weighted by atomic mass is 79.9. The zero-order chi connectivity index (χ0) is 8.84. The van der Waals surface area contributed by atoms with E-state index in [0.29, 0.717) is 0 Å². The van der Waals surface area contributed by atoms with Crippen molar-refractivity contribution in [2.75, 3.05) is 0 Å². The first-order chi connectivity index (χ1) is 6.36. The third-order valence-corrected chi connectivity index (χ3v) is 3.54. The lowest BCUT2D eigenvalue weighted by Gasteiger charge is -1.95. The lowest BCUT2D eigenvalue weighted by Crippen LogP contribution is -1.84. The van der Waals surface area contributed by atoms with Crippen molar-refractivity contribution >= 4 is 43.1 Å². The maximum absolute atomic E-state index is 4.37. The summed E-state index contributed by atoms with van der Waals surface area (Å²) in [5.74, 6) is 0. The van der Waals surface area contributed by atoms with Gasteiger partial charge < -0.3 is 4.40 Å². The molecule has 0 atom stereocenters. The van der Waals surface area contributed by atoms with Gasteiger partial charge in [0, 0.05) is 10.7 Å². The second-order valence-corrected chi connectivity index (χ2v) is 4.54. The quantitative estimate of drug-likeness (QED) is 0.600. The molecule has 0 amide bonds. The van der Waals surface area contributed by atoms with E-state index in [2.05, 4.69) is 43.0 Å². The van der Waals surface area contributed by atoms with Crippen LogP contribution in [0.5, 0.6) is 0 Å². The summed E-state index contributed by atoms with van der Waals surface area (Å²) in [6, 6.07) is 4.13. The summed E-state index contributed by atoms with van der Waals surface area (Å²) in [6.45, 7) is 0. The van der Waals surface area contributed by atoms with E-state index in [1.165, 1.54) is 5.52 Å². The van der Waals surface area contributed by atoms with E-state index < -0.39 is 0 Å². The van der Waals surface area contributed by atoms with Gasteiger partial charge in [0.25, 0.3) is 0 Å². The first kappa shape index (κ1) is 7.53. The third-order valence-electron chi connectivity index (χ3n) is 2.06. The van der Waals surface area contributed by atoms with Gasteiger partial charge in [-0.1, -0.05) is 0 Å². The van der Waals surface area contributed by atoms with Gasteiger partial charge in [-0.3, -0.25) is 0 Å². The predicted molar refractivity (Wildman–Crippen MR) is 58.3 cm³/mol. The van der Waals surface area contributed by atoms with Gasteiger partial charge in [0.2, 0.25) is 0 Å². The molecule has 0 N–H and O–H groups in total. The molecule has 3 aromatic rings. The van der Waals surface area contributed by atoms with E-state index >= 15 is 0 Å². The van der Waals surface area contributed by atoms with Crippen molar-refractivity contribution in [1.82, 2.24) is 9.38 Å². The molecule has 0 radical (unpaired) electrons. The zero-order valence-electron chi connectivity index (χ0n) is 6.57. The molecular weight excluding hydrogens is 248 g/mol. The molecule has 0 bridgehead atoms.